The summed E-state index contributed by atoms with van der Waals surface area (Å²) < 4.78 is 45.9. The molecule has 3 nitrogen and oxygen atoms in total. The molecule has 1 rings (SSSR count). The fraction of sp³-hybridized carbons (Fsp3) is 0.444. The average Bonchev–Trinajstić information content (AvgIpc) is 2.11. The highest BCUT2D eigenvalue weighted by atomic mass is 19.4. The third-order valence-electron chi connectivity index (χ3n) is 1.70. The maximum Gasteiger partial charge on any atom is 0.449 e. The molecule has 0 aliphatic heterocycles. The van der Waals surface area contributed by atoms with Crippen LogP contribution in [0.25, 0.3) is 0 Å². The molecule has 1 aromatic rings. The zero-order valence-electron chi connectivity index (χ0n) is 8.14. The molecule has 1 heterocycles. The first-order valence-electron chi connectivity index (χ1n) is 4.21. The summed E-state index contributed by atoms with van der Waals surface area (Å²) in [4.78, 5) is 11.1. The van der Waals surface area contributed by atoms with Crippen LogP contribution in [-0.4, -0.2) is 6.61 Å². The summed E-state index contributed by atoms with van der Waals surface area (Å²) in [6.45, 7) is 3.06. The van der Waals surface area contributed by atoms with Gasteiger partial charge in [0.15, 0.2) is 5.43 Å². The third kappa shape index (κ3) is 2.51. The topological polar surface area (TPSA) is 39.4 Å². The summed E-state index contributed by atoms with van der Waals surface area (Å²) in [5.41, 5.74) is -0.720. The van der Waals surface area contributed by atoms with E-state index in [1.807, 2.05) is 0 Å². The molecule has 0 saturated heterocycles. The smallest absolute Gasteiger partial charge is 0.449 e. The van der Waals surface area contributed by atoms with E-state index in [1.54, 1.807) is 6.92 Å². The standard InChI is InChI=1S/C9H9F3O3/c1-3-14-8-5(2)6(13)4-7(15-8)9(10,11)12/h4H,3H2,1-2H3. The van der Waals surface area contributed by atoms with Crippen LogP contribution in [0.15, 0.2) is 15.3 Å². The molecule has 0 radical (unpaired) electrons. The van der Waals surface area contributed by atoms with Crippen molar-refractivity contribution in [2.24, 2.45) is 0 Å². The quantitative estimate of drug-likeness (QED) is 0.771. The Morgan fingerprint density at radius 2 is 2.07 bits per heavy atom. The van der Waals surface area contributed by atoms with Crippen molar-refractivity contribution >= 4 is 0 Å². The van der Waals surface area contributed by atoms with E-state index in [9.17, 15) is 18.0 Å². The molecule has 0 saturated carbocycles. The van der Waals surface area contributed by atoms with Gasteiger partial charge in [0.05, 0.1) is 12.2 Å². The van der Waals surface area contributed by atoms with Gasteiger partial charge < -0.3 is 9.15 Å². The summed E-state index contributed by atoms with van der Waals surface area (Å²) >= 11 is 0. The zero-order valence-corrected chi connectivity index (χ0v) is 8.14. The van der Waals surface area contributed by atoms with Crippen molar-refractivity contribution in [3.8, 4) is 5.95 Å². The van der Waals surface area contributed by atoms with Crippen molar-refractivity contribution in [3.63, 3.8) is 0 Å². The van der Waals surface area contributed by atoms with Crippen LogP contribution < -0.4 is 10.2 Å². The Kier molecular flexibility index (Phi) is 3.06. The van der Waals surface area contributed by atoms with Gasteiger partial charge in [-0.1, -0.05) is 0 Å². The van der Waals surface area contributed by atoms with Crippen LogP contribution in [0.4, 0.5) is 13.2 Å². The minimum absolute atomic E-state index is 0.0323. The lowest BCUT2D eigenvalue weighted by Gasteiger charge is -2.09. The lowest BCUT2D eigenvalue weighted by Crippen LogP contribution is -2.14. The number of alkyl halides is 3. The van der Waals surface area contributed by atoms with Gasteiger partial charge in [-0.3, -0.25) is 4.79 Å². The van der Waals surface area contributed by atoms with Gasteiger partial charge in [0.1, 0.15) is 0 Å². The van der Waals surface area contributed by atoms with Gasteiger partial charge in [-0.15, -0.1) is 0 Å². The molecule has 0 bridgehead atoms. The number of halogens is 3. The highest BCUT2D eigenvalue weighted by Crippen LogP contribution is 2.31. The van der Waals surface area contributed by atoms with Gasteiger partial charge in [0.2, 0.25) is 5.76 Å². The molecule has 0 N–H and O–H groups in total. The van der Waals surface area contributed by atoms with E-state index in [-0.39, 0.29) is 18.1 Å². The molecule has 0 aliphatic rings. The average molecular weight is 222 g/mol. The molecule has 0 fully saturated rings. The molecule has 0 aromatic carbocycles. The highest BCUT2D eigenvalue weighted by Gasteiger charge is 2.35. The fourth-order valence-electron chi connectivity index (χ4n) is 0.942. The molecule has 84 valence electrons. The largest absolute Gasteiger partial charge is 0.465 e. The van der Waals surface area contributed by atoms with E-state index >= 15 is 0 Å². The third-order valence-corrected chi connectivity index (χ3v) is 1.70. The first-order chi connectivity index (χ1) is 6.86. The van der Waals surface area contributed by atoms with Crippen molar-refractivity contribution < 1.29 is 22.3 Å². The second-order valence-corrected chi connectivity index (χ2v) is 2.82. The maximum atomic E-state index is 12.2. The van der Waals surface area contributed by atoms with Crippen molar-refractivity contribution in [3.05, 3.63) is 27.6 Å². The molecule has 15 heavy (non-hydrogen) atoms. The maximum absolute atomic E-state index is 12.2. The highest BCUT2D eigenvalue weighted by molar-refractivity contribution is 5.23. The van der Waals surface area contributed by atoms with Gasteiger partial charge in [-0.2, -0.15) is 13.2 Å². The molecule has 0 atom stereocenters. The second kappa shape index (κ2) is 3.96. The van der Waals surface area contributed by atoms with E-state index in [0.717, 1.165) is 0 Å². The Balaban J connectivity index is 3.30. The summed E-state index contributed by atoms with van der Waals surface area (Å²) in [7, 11) is 0. The van der Waals surface area contributed by atoms with Crippen molar-refractivity contribution in [1.82, 2.24) is 0 Å². The van der Waals surface area contributed by atoms with Crippen LogP contribution in [0.1, 0.15) is 18.2 Å². The van der Waals surface area contributed by atoms with Crippen molar-refractivity contribution in [1.29, 1.82) is 0 Å². The Morgan fingerprint density at radius 3 is 2.53 bits per heavy atom. The van der Waals surface area contributed by atoms with E-state index in [1.165, 1.54) is 6.92 Å². The molecule has 0 unspecified atom stereocenters. The molecule has 0 aliphatic carbocycles. The lowest BCUT2D eigenvalue weighted by molar-refractivity contribution is -0.155. The zero-order chi connectivity index (χ0) is 11.6. The molecule has 1 aromatic heterocycles. The second-order valence-electron chi connectivity index (χ2n) is 2.82. The Hall–Kier alpha value is -1.46. The summed E-state index contributed by atoms with van der Waals surface area (Å²) in [6.07, 6.45) is -4.68. The first-order valence-corrected chi connectivity index (χ1v) is 4.21. The Morgan fingerprint density at radius 1 is 1.47 bits per heavy atom. The van der Waals surface area contributed by atoms with E-state index in [0.29, 0.717) is 6.07 Å². The van der Waals surface area contributed by atoms with Crippen molar-refractivity contribution in [2.45, 2.75) is 20.0 Å². The van der Waals surface area contributed by atoms with E-state index in [2.05, 4.69) is 4.42 Å². The van der Waals surface area contributed by atoms with Gasteiger partial charge in [-0.25, -0.2) is 0 Å². The Bertz CT molecular complexity index is 406. The number of ether oxygens (including phenoxy) is 1. The molecule has 0 amide bonds. The number of rotatable bonds is 2. The van der Waals surface area contributed by atoms with Gasteiger partial charge in [-0.05, 0) is 13.8 Å². The van der Waals surface area contributed by atoms with Crippen LogP contribution in [0.2, 0.25) is 0 Å². The summed E-state index contributed by atoms with van der Waals surface area (Å²) in [5.74, 6) is -1.72. The molecule has 6 heteroatoms. The van der Waals surface area contributed by atoms with E-state index < -0.39 is 17.4 Å². The van der Waals surface area contributed by atoms with Crippen LogP contribution in [0.3, 0.4) is 0 Å². The summed E-state index contributed by atoms with van der Waals surface area (Å²) in [5, 5.41) is 0. The van der Waals surface area contributed by atoms with Crippen LogP contribution in [0.5, 0.6) is 5.95 Å². The van der Waals surface area contributed by atoms with Crippen molar-refractivity contribution in [2.75, 3.05) is 6.61 Å². The Labute approximate surface area is 83.5 Å². The van der Waals surface area contributed by atoms with Crippen LogP contribution >= 0.6 is 0 Å². The minimum Gasteiger partial charge on any atom is -0.465 e. The fourth-order valence-corrected chi connectivity index (χ4v) is 0.942. The normalized spacial score (nSPS) is 11.5. The summed E-state index contributed by atoms with van der Waals surface area (Å²) in [6, 6.07) is 0.415. The molecule has 0 spiro atoms. The molecular formula is C9H9F3O3. The molecular weight excluding hydrogens is 213 g/mol. The van der Waals surface area contributed by atoms with E-state index in [4.69, 9.17) is 4.74 Å². The number of hydrogen-bond donors (Lipinski definition) is 0. The minimum atomic E-state index is -4.68. The SMILES string of the molecule is CCOc1oc(C(F)(F)F)cc(=O)c1C. The van der Waals surface area contributed by atoms with Gasteiger partial charge in [0.25, 0.3) is 5.95 Å². The van der Waals surface area contributed by atoms with Crippen LogP contribution in [0, 0.1) is 6.92 Å². The monoisotopic (exact) mass is 222 g/mol. The predicted molar refractivity (Wildman–Crippen MR) is 45.9 cm³/mol. The number of hydrogen-bond acceptors (Lipinski definition) is 3. The first kappa shape index (κ1) is 11.6. The lowest BCUT2D eigenvalue weighted by atomic mass is 10.3. The van der Waals surface area contributed by atoms with Crippen LogP contribution in [-0.2, 0) is 6.18 Å². The van der Waals surface area contributed by atoms with Gasteiger partial charge >= 0.3 is 6.18 Å². The van der Waals surface area contributed by atoms with Gasteiger partial charge in [0, 0.05) is 6.07 Å². The predicted octanol–water partition coefficient (Wildman–Crippen LogP) is 2.37.